The number of anilines is 2. The van der Waals surface area contributed by atoms with Gasteiger partial charge in [0.15, 0.2) is 0 Å². The highest BCUT2D eigenvalue weighted by atomic mass is 19.1. The molecule has 3 aromatic rings. The number of hydrogen-bond donors (Lipinski definition) is 1. The Labute approximate surface area is 206 Å². The highest BCUT2D eigenvalue weighted by molar-refractivity contribution is 6.51. The average Bonchev–Trinajstić information content (AvgIpc) is 3.51. The maximum absolute atomic E-state index is 15.0. The molecule has 0 bridgehead atoms. The van der Waals surface area contributed by atoms with Gasteiger partial charge in [0.05, 0.1) is 16.5 Å². The Morgan fingerprint density at radius 3 is 2.14 bits per heavy atom. The number of nitro benzene ring substituents is 1. The van der Waals surface area contributed by atoms with Crippen LogP contribution in [0.2, 0.25) is 0 Å². The van der Waals surface area contributed by atoms with E-state index in [0.29, 0.717) is 5.69 Å². The van der Waals surface area contributed by atoms with Crippen LogP contribution in [0.1, 0.15) is 30.0 Å². The van der Waals surface area contributed by atoms with E-state index in [9.17, 15) is 29.2 Å². The first-order valence-corrected chi connectivity index (χ1v) is 11.5. The molecule has 8 nitrogen and oxygen atoms in total. The monoisotopic (exact) mass is 487 g/mol. The number of nitro groups is 1. The zero-order valence-corrected chi connectivity index (χ0v) is 19.1. The molecule has 2 heterocycles. The van der Waals surface area contributed by atoms with Gasteiger partial charge in [-0.2, -0.15) is 0 Å². The van der Waals surface area contributed by atoms with Crippen LogP contribution >= 0.6 is 0 Å². The molecule has 182 valence electrons. The lowest BCUT2D eigenvalue weighted by Crippen LogP contribution is -2.30. The number of nitrogens with zero attached hydrogens (tertiary/aromatic N) is 3. The van der Waals surface area contributed by atoms with Gasteiger partial charge >= 0.3 is 0 Å². The van der Waals surface area contributed by atoms with Crippen molar-refractivity contribution in [2.75, 3.05) is 22.9 Å². The molecule has 0 aliphatic carbocycles. The molecule has 0 radical (unpaired) electrons. The molecule has 5 rings (SSSR count). The van der Waals surface area contributed by atoms with E-state index in [0.717, 1.165) is 31.6 Å². The Bertz CT molecular complexity index is 1380. The minimum Gasteiger partial charge on any atom is -0.507 e. The highest BCUT2D eigenvalue weighted by Crippen LogP contribution is 2.43. The number of hydrogen-bond acceptors (Lipinski definition) is 6. The third-order valence-electron chi connectivity index (χ3n) is 6.59. The maximum atomic E-state index is 15.0. The molecular formula is C27H22FN3O5. The van der Waals surface area contributed by atoms with E-state index in [1.807, 2.05) is 12.1 Å². The number of carbonyl (C=O) groups excluding carboxylic acids is 2. The summed E-state index contributed by atoms with van der Waals surface area (Å²) in [5, 5.41) is 22.1. The van der Waals surface area contributed by atoms with Crippen LogP contribution in [0.15, 0.2) is 78.4 Å². The van der Waals surface area contributed by atoms with E-state index in [-0.39, 0.29) is 22.4 Å². The Kier molecular flexibility index (Phi) is 5.97. The van der Waals surface area contributed by atoms with Crippen molar-refractivity contribution >= 4 is 34.5 Å². The van der Waals surface area contributed by atoms with Crippen LogP contribution < -0.4 is 9.80 Å². The summed E-state index contributed by atoms with van der Waals surface area (Å²) >= 11 is 0. The largest absolute Gasteiger partial charge is 0.507 e. The van der Waals surface area contributed by atoms with Gasteiger partial charge in [0.2, 0.25) is 0 Å². The average molecular weight is 487 g/mol. The lowest BCUT2D eigenvalue weighted by molar-refractivity contribution is -0.384. The van der Waals surface area contributed by atoms with Gasteiger partial charge in [0, 0.05) is 47.7 Å². The number of aliphatic hydroxyl groups excluding tert-OH is 1. The molecule has 1 unspecified atom stereocenters. The number of carbonyl (C=O) groups is 2. The van der Waals surface area contributed by atoms with Crippen molar-refractivity contribution in [3.8, 4) is 0 Å². The van der Waals surface area contributed by atoms with Crippen LogP contribution in [0, 0.1) is 15.9 Å². The van der Waals surface area contributed by atoms with Crippen LogP contribution in [0.25, 0.3) is 5.76 Å². The standard InChI is InChI=1S/C27H22FN3O5/c28-22-6-2-1-5-21(22)24-23(25(32)17-7-9-20(10-8-17)31(35)36)26(33)27(34)30(24)19-13-11-18(12-14-19)29-15-3-4-16-29/h1-2,5-14,24,32H,3-4,15-16H2/b25-23+. The zero-order valence-electron chi connectivity index (χ0n) is 19.1. The van der Waals surface area contributed by atoms with E-state index in [2.05, 4.69) is 4.90 Å². The van der Waals surface area contributed by atoms with Crippen molar-refractivity contribution < 1.29 is 24.0 Å². The number of non-ortho nitro benzene ring substituents is 1. The van der Waals surface area contributed by atoms with Gasteiger partial charge in [-0.1, -0.05) is 18.2 Å². The van der Waals surface area contributed by atoms with Crippen molar-refractivity contribution in [1.29, 1.82) is 0 Å². The number of Topliss-reactive ketones (excluding diaryl/α,β-unsaturated/α-hetero) is 1. The number of halogens is 1. The lowest BCUT2D eigenvalue weighted by atomic mass is 9.94. The molecule has 1 amide bonds. The summed E-state index contributed by atoms with van der Waals surface area (Å²) in [7, 11) is 0. The second kappa shape index (κ2) is 9.26. The molecule has 9 heteroatoms. The summed E-state index contributed by atoms with van der Waals surface area (Å²) in [6.07, 6.45) is 2.21. The summed E-state index contributed by atoms with van der Waals surface area (Å²) in [5.41, 5.74) is 1.03. The lowest BCUT2D eigenvalue weighted by Gasteiger charge is -2.26. The SMILES string of the molecule is O=C1C(=O)N(c2ccc(N3CCCC3)cc2)C(c2ccccc2F)/C1=C(\O)c1ccc([N+](=O)[O-])cc1. The first kappa shape index (κ1) is 23.2. The van der Waals surface area contributed by atoms with Gasteiger partial charge in [-0.15, -0.1) is 0 Å². The van der Waals surface area contributed by atoms with E-state index in [1.165, 1.54) is 47.4 Å². The summed E-state index contributed by atoms with van der Waals surface area (Å²) < 4.78 is 15.0. The zero-order chi connectivity index (χ0) is 25.4. The normalized spacial score (nSPS) is 19.2. The second-order valence-electron chi connectivity index (χ2n) is 8.71. The molecule has 0 saturated carbocycles. The predicted molar refractivity (Wildman–Crippen MR) is 132 cm³/mol. The number of amides is 1. The van der Waals surface area contributed by atoms with Crippen LogP contribution in [-0.2, 0) is 9.59 Å². The Balaban J connectivity index is 1.63. The van der Waals surface area contributed by atoms with Crippen molar-refractivity contribution in [2.45, 2.75) is 18.9 Å². The molecule has 36 heavy (non-hydrogen) atoms. The van der Waals surface area contributed by atoms with Gasteiger partial charge in [0.1, 0.15) is 11.6 Å². The fraction of sp³-hybridized carbons (Fsp3) is 0.185. The molecule has 2 aliphatic heterocycles. The Hall–Kier alpha value is -4.53. The van der Waals surface area contributed by atoms with Gasteiger partial charge in [-0.25, -0.2) is 4.39 Å². The fourth-order valence-corrected chi connectivity index (χ4v) is 4.79. The minimum absolute atomic E-state index is 0.0452. The smallest absolute Gasteiger partial charge is 0.300 e. The number of rotatable bonds is 5. The quantitative estimate of drug-likeness (QED) is 0.179. The van der Waals surface area contributed by atoms with Crippen molar-refractivity contribution in [2.24, 2.45) is 0 Å². The molecular weight excluding hydrogens is 465 g/mol. The first-order chi connectivity index (χ1) is 17.4. The van der Waals surface area contributed by atoms with Crippen LogP contribution in [0.4, 0.5) is 21.5 Å². The topological polar surface area (TPSA) is 104 Å². The summed E-state index contributed by atoms with van der Waals surface area (Å²) in [4.78, 5) is 40.3. The third kappa shape index (κ3) is 3.98. The second-order valence-corrected chi connectivity index (χ2v) is 8.71. The summed E-state index contributed by atoms with van der Waals surface area (Å²) in [6.45, 7) is 1.88. The van der Waals surface area contributed by atoms with Gasteiger partial charge in [-0.3, -0.25) is 24.6 Å². The highest BCUT2D eigenvalue weighted by Gasteiger charge is 2.47. The van der Waals surface area contributed by atoms with Crippen LogP contribution in [0.5, 0.6) is 0 Å². The van der Waals surface area contributed by atoms with E-state index >= 15 is 0 Å². The van der Waals surface area contributed by atoms with Crippen LogP contribution in [0.3, 0.4) is 0 Å². The van der Waals surface area contributed by atoms with Crippen molar-refractivity contribution in [3.63, 3.8) is 0 Å². The maximum Gasteiger partial charge on any atom is 0.300 e. The van der Waals surface area contributed by atoms with Gasteiger partial charge in [0.25, 0.3) is 17.4 Å². The van der Waals surface area contributed by atoms with E-state index in [1.54, 1.807) is 18.2 Å². The molecule has 0 aromatic heterocycles. The van der Waals surface area contributed by atoms with E-state index < -0.39 is 34.2 Å². The van der Waals surface area contributed by atoms with Crippen LogP contribution in [-0.4, -0.2) is 34.8 Å². The number of ketones is 1. The van der Waals surface area contributed by atoms with Gasteiger partial charge in [-0.05, 0) is 55.3 Å². The predicted octanol–water partition coefficient (Wildman–Crippen LogP) is 4.96. The summed E-state index contributed by atoms with van der Waals surface area (Å²) in [6, 6.07) is 16.6. The summed E-state index contributed by atoms with van der Waals surface area (Å²) in [5.74, 6) is -3.05. The van der Waals surface area contributed by atoms with E-state index in [4.69, 9.17) is 0 Å². The molecule has 2 saturated heterocycles. The molecule has 1 N–H and O–H groups in total. The molecule has 0 spiro atoms. The van der Waals surface area contributed by atoms with Crippen molar-refractivity contribution in [3.05, 3.63) is 105 Å². The molecule has 1 atom stereocenters. The molecule has 2 aliphatic rings. The first-order valence-electron chi connectivity index (χ1n) is 11.5. The molecule has 2 fully saturated rings. The third-order valence-corrected chi connectivity index (χ3v) is 6.59. The minimum atomic E-state index is -1.22. The van der Waals surface area contributed by atoms with Gasteiger partial charge < -0.3 is 10.0 Å². The molecule has 3 aromatic carbocycles. The number of aliphatic hydroxyl groups is 1. The number of benzene rings is 3. The Morgan fingerprint density at radius 2 is 1.53 bits per heavy atom. The Morgan fingerprint density at radius 1 is 0.917 bits per heavy atom. The van der Waals surface area contributed by atoms with Crippen molar-refractivity contribution in [1.82, 2.24) is 0 Å². The fourth-order valence-electron chi connectivity index (χ4n) is 4.79.